The molecule has 0 radical (unpaired) electrons. The van der Waals surface area contributed by atoms with Crippen LogP contribution in [0.3, 0.4) is 0 Å². The third kappa shape index (κ3) is 3.28. The van der Waals surface area contributed by atoms with Crippen LogP contribution in [0.15, 0.2) is 24.3 Å². The van der Waals surface area contributed by atoms with Gasteiger partial charge in [-0.05, 0) is 25.6 Å². The largest absolute Gasteiger partial charge is 0.396 e. The molecular formula is C16H23N5O. The predicted molar refractivity (Wildman–Crippen MR) is 89.4 cm³/mol. The standard InChI is InChI=1S/C16H23N5O/c1-20-8-10-21(11-9-20)16-18-14-6-3-2-5-13(14)15(19-16)17-7-4-12-22/h2-3,5-6,22H,4,7-12H2,1H3,(H,17,18,19). The Morgan fingerprint density at radius 1 is 1.14 bits per heavy atom. The Hall–Kier alpha value is -1.92. The zero-order valence-electron chi connectivity index (χ0n) is 13.0. The SMILES string of the molecule is CN1CCN(c2nc(NCCCO)c3ccccc3n2)CC1. The highest BCUT2D eigenvalue weighted by molar-refractivity contribution is 5.90. The van der Waals surface area contributed by atoms with Crippen molar-refractivity contribution >= 4 is 22.7 Å². The van der Waals surface area contributed by atoms with Crippen molar-refractivity contribution in [1.29, 1.82) is 0 Å². The highest BCUT2D eigenvalue weighted by atomic mass is 16.3. The van der Waals surface area contributed by atoms with E-state index >= 15 is 0 Å². The molecule has 1 aromatic heterocycles. The molecule has 118 valence electrons. The van der Waals surface area contributed by atoms with Crippen LogP contribution in [0.2, 0.25) is 0 Å². The summed E-state index contributed by atoms with van der Waals surface area (Å²) in [4.78, 5) is 14.0. The first-order chi connectivity index (χ1) is 10.8. The Labute approximate surface area is 130 Å². The van der Waals surface area contributed by atoms with E-state index in [-0.39, 0.29) is 6.61 Å². The second-order valence-electron chi connectivity index (χ2n) is 5.68. The van der Waals surface area contributed by atoms with Crippen LogP contribution in [0, 0.1) is 0 Å². The maximum atomic E-state index is 8.96. The summed E-state index contributed by atoms with van der Waals surface area (Å²) in [5, 5.41) is 13.3. The molecule has 1 aromatic carbocycles. The molecule has 2 N–H and O–H groups in total. The molecule has 22 heavy (non-hydrogen) atoms. The summed E-state index contributed by atoms with van der Waals surface area (Å²) in [5.74, 6) is 1.64. The summed E-state index contributed by atoms with van der Waals surface area (Å²) < 4.78 is 0. The number of hydrogen-bond donors (Lipinski definition) is 2. The van der Waals surface area contributed by atoms with Gasteiger partial charge in [-0.15, -0.1) is 0 Å². The van der Waals surface area contributed by atoms with E-state index in [9.17, 15) is 0 Å². The van der Waals surface area contributed by atoms with Gasteiger partial charge in [-0.25, -0.2) is 4.98 Å². The van der Waals surface area contributed by atoms with Gasteiger partial charge in [0.15, 0.2) is 0 Å². The van der Waals surface area contributed by atoms with Crippen molar-refractivity contribution in [1.82, 2.24) is 14.9 Å². The van der Waals surface area contributed by atoms with E-state index in [2.05, 4.69) is 22.2 Å². The summed E-state index contributed by atoms with van der Waals surface area (Å²) in [6.07, 6.45) is 0.710. The van der Waals surface area contributed by atoms with Crippen LogP contribution in [0.25, 0.3) is 10.9 Å². The molecule has 0 spiro atoms. The van der Waals surface area contributed by atoms with Gasteiger partial charge in [0.05, 0.1) is 5.52 Å². The Kier molecular flexibility index (Phi) is 4.70. The van der Waals surface area contributed by atoms with E-state index in [4.69, 9.17) is 15.1 Å². The molecule has 6 nitrogen and oxygen atoms in total. The number of benzene rings is 1. The number of hydrogen-bond acceptors (Lipinski definition) is 6. The van der Waals surface area contributed by atoms with Crippen LogP contribution >= 0.6 is 0 Å². The fourth-order valence-corrected chi connectivity index (χ4v) is 2.63. The smallest absolute Gasteiger partial charge is 0.227 e. The summed E-state index contributed by atoms with van der Waals surface area (Å²) in [6.45, 7) is 4.85. The number of fused-ring (bicyclic) bond motifs is 1. The first kappa shape index (κ1) is 15.0. The zero-order chi connectivity index (χ0) is 15.4. The van der Waals surface area contributed by atoms with E-state index in [0.29, 0.717) is 13.0 Å². The predicted octanol–water partition coefficient (Wildman–Crippen LogP) is 1.18. The normalized spacial score (nSPS) is 16.2. The van der Waals surface area contributed by atoms with Crippen molar-refractivity contribution in [2.75, 3.05) is 56.6 Å². The third-order valence-corrected chi connectivity index (χ3v) is 4.00. The molecule has 2 aromatic rings. The van der Waals surface area contributed by atoms with Crippen LogP contribution in [-0.2, 0) is 0 Å². The topological polar surface area (TPSA) is 64.5 Å². The van der Waals surface area contributed by atoms with Crippen molar-refractivity contribution < 1.29 is 5.11 Å². The molecule has 1 aliphatic heterocycles. The van der Waals surface area contributed by atoms with Crippen LogP contribution in [0.1, 0.15) is 6.42 Å². The van der Waals surface area contributed by atoms with Gasteiger partial charge >= 0.3 is 0 Å². The van der Waals surface area contributed by atoms with E-state index in [0.717, 1.165) is 48.8 Å². The number of anilines is 2. The minimum atomic E-state index is 0.182. The van der Waals surface area contributed by atoms with E-state index < -0.39 is 0 Å². The lowest BCUT2D eigenvalue weighted by molar-refractivity contribution is 0.292. The molecule has 0 bridgehead atoms. The van der Waals surface area contributed by atoms with Crippen molar-refractivity contribution in [3.8, 4) is 0 Å². The first-order valence-corrected chi connectivity index (χ1v) is 7.83. The summed E-state index contributed by atoms with van der Waals surface area (Å²) in [5.41, 5.74) is 0.956. The number of nitrogens with one attached hydrogen (secondary N) is 1. The van der Waals surface area contributed by atoms with Gasteiger partial charge in [0.1, 0.15) is 5.82 Å². The maximum absolute atomic E-state index is 8.96. The van der Waals surface area contributed by atoms with Gasteiger partial charge in [-0.3, -0.25) is 0 Å². The second-order valence-corrected chi connectivity index (χ2v) is 5.68. The molecule has 1 saturated heterocycles. The van der Waals surface area contributed by atoms with Gasteiger partial charge in [-0.1, -0.05) is 12.1 Å². The van der Waals surface area contributed by atoms with Gasteiger partial charge in [-0.2, -0.15) is 4.98 Å². The third-order valence-electron chi connectivity index (χ3n) is 4.00. The van der Waals surface area contributed by atoms with Gasteiger partial charge in [0, 0.05) is 44.7 Å². The minimum absolute atomic E-state index is 0.182. The van der Waals surface area contributed by atoms with E-state index in [1.165, 1.54) is 0 Å². The summed E-state index contributed by atoms with van der Waals surface area (Å²) in [6, 6.07) is 8.05. The average Bonchev–Trinajstić information content (AvgIpc) is 2.55. The Morgan fingerprint density at radius 3 is 2.68 bits per heavy atom. The van der Waals surface area contributed by atoms with Crippen LogP contribution < -0.4 is 10.2 Å². The fourth-order valence-electron chi connectivity index (χ4n) is 2.63. The lowest BCUT2D eigenvalue weighted by Gasteiger charge is -2.32. The minimum Gasteiger partial charge on any atom is -0.396 e. The second kappa shape index (κ2) is 6.89. The number of para-hydroxylation sites is 1. The van der Waals surface area contributed by atoms with Crippen LogP contribution in [-0.4, -0.2) is 66.4 Å². The average molecular weight is 301 g/mol. The molecule has 0 aliphatic carbocycles. The lowest BCUT2D eigenvalue weighted by Crippen LogP contribution is -2.45. The zero-order valence-corrected chi connectivity index (χ0v) is 13.0. The maximum Gasteiger partial charge on any atom is 0.227 e. The molecule has 0 atom stereocenters. The van der Waals surface area contributed by atoms with Crippen LogP contribution in [0.4, 0.5) is 11.8 Å². The number of aliphatic hydroxyl groups excluding tert-OH is 1. The number of aliphatic hydroxyl groups is 1. The van der Waals surface area contributed by atoms with Crippen molar-refractivity contribution in [2.24, 2.45) is 0 Å². The van der Waals surface area contributed by atoms with Crippen molar-refractivity contribution in [3.05, 3.63) is 24.3 Å². The number of likely N-dealkylation sites (N-methyl/N-ethyl adjacent to an activating group) is 1. The molecule has 1 aliphatic rings. The van der Waals surface area contributed by atoms with Gasteiger partial charge in [0.25, 0.3) is 0 Å². The Morgan fingerprint density at radius 2 is 1.91 bits per heavy atom. The molecule has 2 heterocycles. The van der Waals surface area contributed by atoms with Crippen molar-refractivity contribution in [2.45, 2.75) is 6.42 Å². The van der Waals surface area contributed by atoms with Gasteiger partial charge in [0.2, 0.25) is 5.95 Å². The Bertz CT molecular complexity index is 625. The van der Waals surface area contributed by atoms with Gasteiger partial charge < -0.3 is 20.2 Å². The molecule has 3 rings (SSSR count). The molecule has 0 amide bonds. The monoisotopic (exact) mass is 301 g/mol. The number of aromatic nitrogens is 2. The van der Waals surface area contributed by atoms with Crippen molar-refractivity contribution in [3.63, 3.8) is 0 Å². The molecular weight excluding hydrogens is 278 g/mol. The van der Waals surface area contributed by atoms with Crippen LogP contribution in [0.5, 0.6) is 0 Å². The quantitative estimate of drug-likeness (QED) is 0.809. The number of rotatable bonds is 5. The number of nitrogens with zero attached hydrogens (tertiary/aromatic N) is 4. The van der Waals surface area contributed by atoms with E-state index in [1.54, 1.807) is 0 Å². The molecule has 0 saturated carbocycles. The lowest BCUT2D eigenvalue weighted by atomic mass is 10.2. The first-order valence-electron chi connectivity index (χ1n) is 7.83. The molecule has 6 heteroatoms. The summed E-state index contributed by atoms with van der Waals surface area (Å²) in [7, 11) is 2.14. The Balaban J connectivity index is 1.90. The highest BCUT2D eigenvalue weighted by Gasteiger charge is 2.18. The number of piperazine rings is 1. The fraction of sp³-hybridized carbons (Fsp3) is 0.500. The van der Waals surface area contributed by atoms with E-state index in [1.807, 2.05) is 24.3 Å². The highest BCUT2D eigenvalue weighted by Crippen LogP contribution is 2.23. The summed E-state index contributed by atoms with van der Waals surface area (Å²) >= 11 is 0. The molecule has 0 unspecified atom stereocenters. The molecule has 1 fully saturated rings.